The fourth-order valence-corrected chi connectivity index (χ4v) is 4.10. The summed E-state index contributed by atoms with van der Waals surface area (Å²) < 4.78 is 6.61. The topological polar surface area (TPSA) is 102 Å². The fourth-order valence-electron chi connectivity index (χ4n) is 3.40. The molecule has 3 amide bonds. The zero-order valence-electron chi connectivity index (χ0n) is 18.2. The van der Waals surface area contributed by atoms with E-state index >= 15 is 0 Å². The number of amides is 3. The number of halogens is 1. The Bertz CT molecular complexity index is 1300. The molecule has 0 saturated carbocycles. The number of ether oxygens (including phenoxy) is 1. The highest BCUT2D eigenvalue weighted by molar-refractivity contribution is 14.1. The summed E-state index contributed by atoms with van der Waals surface area (Å²) in [5, 5.41) is 13.6. The van der Waals surface area contributed by atoms with Crippen LogP contribution in [0.2, 0.25) is 0 Å². The van der Waals surface area contributed by atoms with E-state index in [4.69, 9.17) is 4.74 Å². The predicted octanol–water partition coefficient (Wildman–Crippen LogP) is 5.18. The van der Waals surface area contributed by atoms with Crippen LogP contribution in [0.4, 0.5) is 10.5 Å². The third kappa shape index (κ3) is 5.42. The Hall–Kier alpha value is -3.73. The molecule has 1 aliphatic heterocycles. The van der Waals surface area contributed by atoms with E-state index in [9.17, 15) is 19.7 Å². The number of imide groups is 1. The van der Waals surface area contributed by atoms with Crippen molar-refractivity contribution in [3.05, 3.63) is 108 Å². The minimum atomic E-state index is -0.455. The molecule has 0 atom stereocenters. The Morgan fingerprint density at radius 3 is 2.53 bits per heavy atom. The molecule has 3 aromatic rings. The number of carbonyl (C=O) groups excluding carboxylic acids is 2. The molecule has 34 heavy (non-hydrogen) atoms. The number of benzene rings is 3. The highest BCUT2D eigenvalue weighted by Gasteiger charge is 2.33. The van der Waals surface area contributed by atoms with Gasteiger partial charge in [-0.2, -0.15) is 0 Å². The summed E-state index contributed by atoms with van der Waals surface area (Å²) in [5.41, 5.74) is 3.61. The van der Waals surface area contributed by atoms with Crippen LogP contribution in [0.25, 0.3) is 6.08 Å². The first-order chi connectivity index (χ1) is 16.3. The quantitative estimate of drug-likeness (QED) is 0.139. The van der Waals surface area contributed by atoms with Crippen LogP contribution in [-0.2, 0) is 17.9 Å². The molecule has 1 N–H and O–H groups in total. The number of nitrogens with one attached hydrogen (secondary N) is 1. The van der Waals surface area contributed by atoms with Crippen molar-refractivity contribution in [3.63, 3.8) is 0 Å². The Kier molecular flexibility index (Phi) is 6.92. The summed E-state index contributed by atoms with van der Waals surface area (Å²) in [5.74, 6) is 0.226. The van der Waals surface area contributed by atoms with E-state index < -0.39 is 11.0 Å². The van der Waals surface area contributed by atoms with Gasteiger partial charge in [0.1, 0.15) is 18.1 Å². The number of hydrogen-bond donors (Lipinski definition) is 1. The Labute approximate surface area is 209 Å². The number of nitro benzene ring substituents is 1. The highest BCUT2D eigenvalue weighted by atomic mass is 127. The van der Waals surface area contributed by atoms with E-state index in [0.29, 0.717) is 11.3 Å². The van der Waals surface area contributed by atoms with Gasteiger partial charge in [0.25, 0.3) is 11.6 Å². The highest BCUT2D eigenvalue weighted by Crippen LogP contribution is 2.26. The van der Waals surface area contributed by atoms with Gasteiger partial charge < -0.3 is 10.1 Å². The van der Waals surface area contributed by atoms with Crippen molar-refractivity contribution in [2.75, 3.05) is 0 Å². The van der Waals surface area contributed by atoms with E-state index in [-0.39, 0.29) is 30.4 Å². The summed E-state index contributed by atoms with van der Waals surface area (Å²) in [6, 6.07) is 18.9. The Morgan fingerprint density at radius 2 is 1.82 bits per heavy atom. The van der Waals surface area contributed by atoms with E-state index in [0.717, 1.165) is 20.3 Å². The maximum atomic E-state index is 12.8. The van der Waals surface area contributed by atoms with Crippen LogP contribution in [-0.4, -0.2) is 21.8 Å². The normalized spacial score (nSPS) is 14.4. The van der Waals surface area contributed by atoms with Gasteiger partial charge in [0.2, 0.25) is 0 Å². The van der Waals surface area contributed by atoms with E-state index in [1.165, 1.54) is 17.0 Å². The number of urea groups is 1. The Morgan fingerprint density at radius 1 is 1.06 bits per heavy atom. The van der Waals surface area contributed by atoms with E-state index in [1.54, 1.807) is 30.3 Å². The SMILES string of the molecule is Cc1ccc(CN2C(=O)N/C(=C/c3ccc(OCc4cccc([N+](=O)[O-])c4)c(I)c3)C2=O)cc1. The monoisotopic (exact) mass is 569 g/mol. The van der Waals surface area contributed by atoms with Gasteiger partial charge in [0.15, 0.2) is 0 Å². The molecule has 1 aliphatic rings. The van der Waals surface area contributed by atoms with Crippen LogP contribution in [0, 0.1) is 20.6 Å². The van der Waals surface area contributed by atoms with Crippen LogP contribution in [0.5, 0.6) is 5.75 Å². The van der Waals surface area contributed by atoms with Crippen molar-refractivity contribution in [3.8, 4) is 5.75 Å². The molecular weight excluding hydrogens is 549 g/mol. The second kappa shape index (κ2) is 10.0. The number of hydrogen-bond acceptors (Lipinski definition) is 5. The predicted molar refractivity (Wildman–Crippen MR) is 135 cm³/mol. The van der Waals surface area contributed by atoms with Crippen molar-refractivity contribution in [1.29, 1.82) is 0 Å². The van der Waals surface area contributed by atoms with Crippen molar-refractivity contribution in [2.45, 2.75) is 20.1 Å². The molecule has 172 valence electrons. The number of carbonyl (C=O) groups is 2. The number of nitrogens with zero attached hydrogens (tertiary/aromatic N) is 2. The molecule has 1 heterocycles. The maximum Gasteiger partial charge on any atom is 0.329 e. The van der Waals surface area contributed by atoms with E-state index in [1.807, 2.05) is 37.3 Å². The standard InChI is InChI=1S/C25H20IN3O5/c1-16-5-7-17(8-6-16)14-28-24(30)22(27-25(28)31)13-18-9-10-23(21(26)12-18)34-15-19-3-2-4-20(11-19)29(32)33/h2-13H,14-15H2,1H3,(H,27,31)/b22-13+. The van der Waals surface area contributed by atoms with Gasteiger partial charge in [0.05, 0.1) is 15.0 Å². The molecule has 0 aromatic heterocycles. The van der Waals surface area contributed by atoms with Gasteiger partial charge in [-0.05, 0) is 64.4 Å². The number of aryl methyl sites for hydroxylation is 1. The minimum absolute atomic E-state index is 0.0115. The number of non-ortho nitro benzene ring substituents is 1. The van der Waals surface area contributed by atoms with Crippen LogP contribution in [0.1, 0.15) is 22.3 Å². The second-order valence-corrected chi connectivity index (χ2v) is 8.93. The molecule has 3 aromatic carbocycles. The average molecular weight is 569 g/mol. The van der Waals surface area contributed by atoms with Gasteiger partial charge in [-0.15, -0.1) is 0 Å². The summed E-state index contributed by atoms with van der Waals surface area (Å²) in [4.78, 5) is 36.8. The van der Waals surface area contributed by atoms with Crippen molar-refractivity contribution in [1.82, 2.24) is 10.2 Å². The van der Waals surface area contributed by atoms with Crippen LogP contribution >= 0.6 is 22.6 Å². The van der Waals surface area contributed by atoms with Crippen molar-refractivity contribution >= 4 is 46.3 Å². The van der Waals surface area contributed by atoms with Gasteiger partial charge in [-0.1, -0.05) is 48.0 Å². The smallest absolute Gasteiger partial charge is 0.329 e. The zero-order valence-corrected chi connectivity index (χ0v) is 20.3. The van der Waals surface area contributed by atoms with Crippen LogP contribution < -0.4 is 10.1 Å². The molecule has 4 rings (SSSR count). The lowest BCUT2D eigenvalue weighted by Gasteiger charge is -2.12. The summed E-state index contributed by atoms with van der Waals surface area (Å²) >= 11 is 2.12. The van der Waals surface area contributed by atoms with E-state index in [2.05, 4.69) is 27.9 Å². The molecule has 0 bridgehead atoms. The molecule has 0 radical (unpaired) electrons. The first kappa shape index (κ1) is 23.4. The molecule has 1 fully saturated rings. The van der Waals surface area contributed by atoms with Crippen molar-refractivity contribution in [2.24, 2.45) is 0 Å². The molecule has 1 saturated heterocycles. The number of nitro groups is 1. The lowest BCUT2D eigenvalue weighted by atomic mass is 10.1. The molecule has 0 spiro atoms. The minimum Gasteiger partial charge on any atom is -0.488 e. The molecule has 9 heteroatoms. The second-order valence-electron chi connectivity index (χ2n) is 7.77. The zero-order chi connectivity index (χ0) is 24.2. The summed E-state index contributed by atoms with van der Waals surface area (Å²) in [6.07, 6.45) is 1.63. The Balaban J connectivity index is 1.44. The first-order valence-corrected chi connectivity index (χ1v) is 11.4. The third-order valence-electron chi connectivity index (χ3n) is 5.21. The molecule has 0 aliphatic carbocycles. The molecule has 8 nitrogen and oxygen atoms in total. The lowest BCUT2D eigenvalue weighted by molar-refractivity contribution is -0.384. The third-order valence-corrected chi connectivity index (χ3v) is 6.05. The van der Waals surface area contributed by atoms with Crippen LogP contribution in [0.15, 0.2) is 72.4 Å². The molecule has 0 unspecified atom stereocenters. The number of rotatable bonds is 7. The summed E-state index contributed by atoms with van der Waals surface area (Å²) in [7, 11) is 0. The summed E-state index contributed by atoms with van der Waals surface area (Å²) in [6.45, 7) is 2.36. The van der Waals surface area contributed by atoms with Gasteiger partial charge >= 0.3 is 6.03 Å². The van der Waals surface area contributed by atoms with Gasteiger partial charge in [0, 0.05) is 12.1 Å². The van der Waals surface area contributed by atoms with Crippen LogP contribution in [0.3, 0.4) is 0 Å². The molecular formula is C25H20IN3O5. The van der Waals surface area contributed by atoms with Crippen molar-refractivity contribution < 1.29 is 19.2 Å². The largest absolute Gasteiger partial charge is 0.488 e. The lowest BCUT2D eigenvalue weighted by Crippen LogP contribution is -2.30. The fraction of sp³-hybridized carbons (Fsp3) is 0.120. The average Bonchev–Trinajstić information content (AvgIpc) is 3.07. The first-order valence-electron chi connectivity index (χ1n) is 10.4. The van der Waals surface area contributed by atoms with Gasteiger partial charge in [-0.25, -0.2) is 4.79 Å². The van der Waals surface area contributed by atoms with Gasteiger partial charge in [-0.3, -0.25) is 19.8 Å². The maximum absolute atomic E-state index is 12.8.